The molecule has 1 aromatic rings. The monoisotopic (exact) mass is 716 g/mol. The average Bonchev–Trinajstić information content (AvgIpc) is 3.37. The van der Waals surface area contributed by atoms with Crippen molar-refractivity contribution in [3.63, 3.8) is 0 Å². The molecule has 0 aliphatic carbocycles. The molecule has 2 unspecified atom stereocenters. The molecule has 1 aliphatic rings. The molecule has 0 spiro atoms. The van der Waals surface area contributed by atoms with E-state index in [0.29, 0.717) is 11.5 Å². The molecule has 2 heterocycles. The Balaban J connectivity index is 1.65. The van der Waals surface area contributed by atoms with Crippen LogP contribution < -0.4 is 21.9 Å². The highest BCUT2D eigenvalue weighted by atomic mass is 32.1. The van der Waals surface area contributed by atoms with Crippen LogP contribution in [0.1, 0.15) is 122 Å². The van der Waals surface area contributed by atoms with Gasteiger partial charge in [0.15, 0.2) is 5.11 Å². The highest BCUT2D eigenvalue weighted by Gasteiger charge is 2.48. The van der Waals surface area contributed by atoms with E-state index in [1.807, 2.05) is 12.2 Å². The summed E-state index contributed by atoms with van der Waals surface area (Å²) in [5.41, 5.74) is -1.19. The lowest BCUT2D eigenvalue weighted by molar-refractivity contribution is -0.0561. The second-order valence-corrected chi connectivity index (χ2v) is 14.5. The molecule has 5 atom stereocenters. The van der Waals surface area contributed by atoms with Gasteiger partial charge in [-0.2, -0.15) is 0 Å². The van der Waals surface area contributed by atoms with Gasteiger partial charge in [0.1, 0.15) is 18.4 Å². The third-order valence-corrected chi connectivity index (χ3v) is 9.89. The molecule has 14 heteroatoms. The zero-order valence-corrected chi connectivity index (χ0v) is 31.1. The fraction of sp³-hybridized carbons (Fsp3) is 0.794. The third-order valence-electron chi connectivity index (χ3n) is 8.63. The standard InChI is InChI=1S/C34H61N4O8PS/c1-4-5-6-7-8-9-10-11-12-13-14-17-20-24-35-33(48)36-25-21-18-15-16-19-22-28-31(46-47(41,42)44-3)29(27-43-2)45-32(28)38-26-23-30(39)37-34(38)40/h16,19,23,26,28-29,31-32H,4-15,17-18,20-22,24-25,27H2,1-3H3,(H,41,42)(H2,35,36,48)(H,37,39,40)/b19-16+/t28-,29+,31?,32+/m0/s1. The number of nitrogens with zero attached hydrogens (tertiary/aromatic N) is 1. The molecule has 0 bridgehead atoms. The normalized spacial score (nSPS) is 20.7. The number of aromatic nitrogens is 2. The van der Waals surface area contributed by atoms with Crippen LogP contribution >= 0.6 is 20.0 Å². The number of thiocarbonyl (C=S) groups is 1. The summed E-state index contributed by atoms with van der Waals surface area (Å²) in [6.07, 6.45) is 23.3. The Hall–Kier alpha value is -1.86. The molecule has 1 aromatic heterocycles. The van der Waals surface area contributed by atoms with Crippen molar-refractivity contribution in [3.05, 3.63) is 45.3 Å². The second kappa shape index (κ2) is 25.1. The number of phosphoric ester groups is 1. The van der Waals surface area contributed by atoms with Crippen LogP contribution in [0.5, 0.6) is 0 Å². The number of rotatable bonds is 27. The smallest absolute Gasteiger partial charge is 0.382 e. The van der Waals surface area contributed by atoms with E-state index >= 15 is 0 Å². The molecule has 0 aromatic carbocycles. The quantitative estimate of drug-likeness (QED) is 0.0342. The van der Waals surface area contributed by atoms with Gasteiger partial charge in [-0.3, -0.25) is 23.4 Å². The summed E-state index contributed by atoms with van der Waals surface area (Å²) in [5, 5.41) is 7.29. The van der Waals surface area contributed by atoms with Crippen LogP contribution in [-0.4, -0.2) is 65.7 Å². The van der Waals surface area contributed by atoms with Gasteiger partial charge in [0, 0.05) is 45.5 Å². The third kappa shape index (κ3) is 17.2. The molecule has 1 aliphatic heterocycles. The van der Waals surface area contributed by atoms with Gasteiger partial charge in [0.2, 0.25) is 0 Å². The number of nitrogens with one attached hydrogen (secondary N) is 3. The lowest BCUT2D eigenvalue weighted by atomic mass is 9.95. The van der Waals surface area contributed by atoms with Gasteiger partial charge in [0.25, 0.3) is 5.56 Å². The number of aromatic amines is 1. The number of phosphoric acid groups is 1. The molecule has 2 rings (SSSR count). The fourth-order valence-corrected chi connectivity index (χ4v) is 6.84. The van der Waals surface area contributed by atoms with E-state index in [2.05, 4.69) is 27.1 Å². The highest BCUT2D eigenvalue weighted by molar-refractivity contribution is 7.80. The maximum Gasteiger partial charge on any atom is 0.472 e. The fourth-order valence-electron chi connectivity index (χ4n) is 5.95. The van der Waals surface area contributed by atoms with Crippen LogP contribution in [0.3, 0.4) is 0 Å². The van der Waals surface area contributed by atoms with Crippen LogP contribution in [0.4, 0.5) is 0 Å². The number of H-pyrrole nitrogens is 1. The summed E-state index contributed by atoms with van der Waals surface area (Å²) in [6, 6.07) is 1.22. The lowest BCUT2D eigenvalue weighted by Gasteiger charge is -2.25. The van der Waals surface area contributed by atoms with Crippen LogP contribution in [0.15, 0.2) is 34.0 Å². The molecule has 48 heavy (non-hydrogen) atoms. The van der Waals surface area contributed by atoms with E-state index in [-0.39, 0.29) is 6.61 Å². The predicted molar refractivity (Wildman–Crippen MR) is 194 cm³/mol. The Bertz CT molecular complexity index is 1210. The first kappa shape index (κ1) is 42.3. The van der Waals surface area contributed by atoms with Gasteiger partial charge >= 0.3 is 13.5 Å². The van der Waals surface area contributed by atoms with Gasteiger partial charge in [-0.15, -0.1) is 0 Å². The number of hydrogen-bond acceptors (Lipinski definition) is 8. The molecule has 4 N–H and O–H groups in total. The van der Waals surface area contributed by atoms with E-state index < -0.39 is 43.4 Å². The molecule has 0 amide bonds. The van der Waals surface area contributed by atoms with Gasteiger partial charge in [-0.1, -0.05) is 96.1 Å². The summed E-state index contributed by atoms with van der Waals surface area (Å²) in [7, 11) is -1.82. The maximum atomic E-state index is 12.6. The summed E-state index contributed by atoms with van der Waals surface area (Å²) >= 11 is 5.42. The minimum Gasteiger partial charge on any atom is -0.382 e. The second-order valence-electron chi connectivity index (χ2n) is 12.6. The van der Waals surface area contributed by atoms with E-state index in [1.54, 1.807) is 0 Å². The molecule has 0 radical (unpaired) electrons. The number of allylic oxidation sites excluding steroid dienone is 2. The van der Waals surface area contributed by atoms with Gasteiger partial charge < -0.3 is 25.0 Å². The van der Waals surface area contributed by atoms with Crippen LogP contribution in [0, 0.1) is 5.92 Å². The van der Waals surface area contributed by atoms with Gasteiger partial charge in [-0.05, 0) is 44.3 Å². The first-order valence-corrected chi connectivity index (χ1v) is 19.8. The van der Waals surface area contributed by atoms with Crippen molar-refractivity contribution in [2.75, 3.05) is 33.9 Å². The molecule has 1 fully saturated rings. The van der Waals surface area contributed by atoms with Crippen molar-refractivity contribution in [2.45, 2.75) is 135 Å². The van der Waals surface area contributed by atoms with Crippen molar-refractivity contribution >= 4 is 25.2 Å². The first-order chi connectivity index (χ1) is 23.2. The first-order valence-electron chi connectivity index (χ1n) is 17.9. The van der Waals surface area contributed by atoms with Crippen molar-refractivity contribution in [1.29, 1.82) is 0 Å². The Labute approximate surface area is 292 Å². The Morgan fingerprint density at radius 1 is 0.958 bits per heavy atom. The minimum absolute atomic E-state index is 0.0618. The molecular formula is C34H61N4O8PS. The molecule has 12 nitrogen and oxygen atoms in total. The van der Waals surface area contributed by atoms with E-state index in [4.69, 9.17) is 26.2 Å². The van der Waals surface area contributed by atoms with Crippen molar-refractivity contribution in [2.24, 2.45) is 5.92 Å². The van der Waals surface area contributed by atoms with Crippen molar-refractivity contribution in [3.8, 4) is 0 Å². The summed E-state index contributed by atoms with van der Waals surface area (Å²) in [4.78, 5) is 36.5. The van der Waals surface area contributed by atoms with Crippen LogP contribution in [0.25, 0.3) is 0 Å². The highest BCUT2D eigenvalue weighted by Crippen LogP contribution is 2.50. The Morgan fingerprint density at radius 3 is 2.10 bits per heavy atom. The van der Waals surface area contributed by atoms with Crippen molar-refractivity contribution < 1.29 is 28.0 Å². The van der Waals surface area contributed by atoms with Crippen LogP contribution in [0.2, 0.25) is 0 Å². The topological polar surface area (TPSA) is 153 Å². The molecule has 276 valence electrons. The maximum absolute atomic E-state index is 12.6. The van der Waals surface area contributed by atoms with Crippen LogP contribution in [-0.2, 0) is 23.1 Å². The van der Waals surface area contributed by atoms with E-state index in [9.17, 15) is 19.0 Å². The SMILES string of the molecule is CCCCCCCCCCCCCCCNC(=S)NCCCC/C=C/C[C@H]1C(OP(=O)(O)OC)[C@@H](COC)O[C@H]1n1ccc(=O)[nH]c1=O. The number of hydrogen-bond donors (Lipinski definition) is 4. The van der Waals surface area contributed by atoms with E-state index in [1.165, 1.54) is 101 Å². The molecule has 0 saturated carbocycles. The predicted octanol–water partition coefficient (Wildman–Crippen LogP) is 6.50. The van der Waals surface area contributed by atoms with Crippen molar-refractivity contribution in [1.82, 2.24) is 20.2 Å². The minimum atomic E-state index is -4.37. The summed E-state index contributed by atoms with van der Waals surface area (Å²) < 4.78 is 35.1. The number of methoxy groups -OCH3 is 1. The van der Waals surface area contributed by atoms with Gasteiger partial charge in [0.05, 0.1) is 6.61 Å². The average molecular weight is 717 g/mol. The Kier molecular flexibility index (Phi) is 22.2. The van der Waals surface area contributed by atoms with E-state index in [0.717, 1.165) is 45.9 Å². The Morgan fingerprint density at radius 2 is 1.54 bits per heavy atom. The zero-order valence-electron chi connectivity index (χ0n) is 29.4. The number of unbranched alkanes of at least 4 members (excludes halogenated alkanes) is 14. The largest absolute Gasteiger partial charge is 0.472 e. The molecule has 1 saturated heterocycles. The lowest BCUT2D eigenvalue weighted by Crippen LogP contribution is -2.36. The van der Waals surface area contributed by atoms with Gasteiger partial charge in [-0.25, -0.2) is 9.36 Å². The number of ether oxygens (including phenoxy) is 2. The zero-order chi connectivity index (χ0) is 35.0. The summed E-state index contributed by atoms with van der Waals surface area (Å²) in [6.45, 7) is 4.01. The molecular weight excluding hydrogens is 655 g/mol. The summed E-state index contributed by atoms with van der Waals surface area (Å²) in [5.74, 6) is -0.541.